The second-order valence-electron chi connectivity index (χ2n) is 5.64. The lowest BCUT2D eigenvalue weighted by atomic mass is 9.98. The van der Waals surface area contributed by atoms with Gasteiger partial charge < -0.3 is 9.84 Å². The van der Waals surface area contributed by atoms with Crippen molar-refractivity contribution in [2.75, 3.05) is 6.61 Å². The van der Waals surface area contributed by atoms with E-state index in [9.17, 15) is 9.90 Å². The molecule has 0 bridgehead atoms. The summed E-state index contributed by atoms with van der Waals surface area (Å²) in [6, 6.07) is 15.8. The molecule has 1 amide bonds. The van der Waals surface area contributed by atoms with Crippen LogP contribution in [0.4, 0.5) is 0 Å². The molecule has 6 heteroatoms. The molecule has 0 radical (unpaired) electrons. The number of nitrogens with zero attached hydrogens (tertiary/aromatic N) is 2. The van der Waals surface area contributed by atoms with Gasteiger partial charge in [0.15, 0.2) is 12.3 Å². The van der Waals surface area contributed by atoms with E-state index in [1.54, 1.807) is 43.3 Å². The Kier molecular flexibility index (Phi) is 4.55. The largest absolute Gasteiger partial charge is 0.484 e. The van der Waals surface area contributed by atoms with E-state index in [-0.39, 0.29) is 13.0 Å². The van der Waals surface area contributed by atoms with Crippen molar-refractivity contribution in [3.63, 3.8) is 0 Å². The normalized spacial score (nSPS) is 20.0. The third-order valence-corrected chi connectivity index (χ3v) is 4.02. The monoisotopic (exact) mass is 344 g/mol. The zero-order chi connectivity index (χ0) is 17.2. The molecular formula is C18H17ClN2O3. The lowest BCUT2D eigenvalue weighted by molar-refractivity contribution is -0.159. The molecule has 0 spiro atoms. The van der Waals surface area contributed by atoms with E-state index in [1.165, 1.54) is 0 Å². The minimum atomic E-state index is -1.52. The van der Waals surface area contributed by atoms with Crippen LogP contribution in [0, 0.1) is 0 Å². The third kappa shape index (κ3) is 3.27. The standard InChI is InChI=1S/C18H17ClN2O3/c1-13-11-18(23,14-7-9-15(19)10-8-14)21(20-13)17(22)12-24-16-5-3-2-4-6-16/h2-10,23H,11-12H2,1H3. The number of hydrogen-bond acceptors (Lipinski definition) is 4. The zero-order valence-corrected chi connectivity index (χ0v) is 13.9. The average molecular weight is 345 g/mol. The van der Waals surface area contributed by atoms with Crippen molar-refractivity contribution in [1.29, 1.82) is 0 Å². The molecule has 1 aliphatic heterocycles. The summed E-state index contributed by atoms with van der Waals surface area (Å²) >= 11 is 5.90. The van der Waals surface area contributed by atoms with E-state index in [0.717, 1.165) is 5.01 Å². The molecule has 0 aliphatic carbocycles. The summed E-state index contributed by atoms with van der Waals surface area (Å²) in [5, 5.41) is 16.9. The molecule has 124 valence electrons. The van der Waals surface area contributed by atoms with E-state index < -0.39 is 11.6 Å². The minimum absolute atomic E-state index is 0.212. The Hall–Kier alpha value is -2.37. The molecule has 1 atom stereocenters. The Labute approximate surface area is 145 Å². The highest BCUT2D eigenvalue weighted by atomic mass is 35.5. The molecule has 0 saturated heterocycles. The van der Waals surface area contributed by atoms with Gasteiger partial charge in [-0.3, -0.25) is 4.79 Å². The lowest BCUT2D eigenvalue weighted by Gasteiger charge is -2.31. The Balaban J connectivity index is 1.78. The number of ether oxygens (including phenoxy) is 1. The van der Waals surface area contributed by atoms with Crippen molar-refractivity contribution < 1.29 is 14.6 Å². The number of aliphatic hydroxyl groups is 1. The van der Waals surface area contributed by atoms with Crippen LogP contribution in [0.5, 0.6) is 5.75 Å². The number of hydrazone groups is 1. The maximum atomic E-state index is 12.5. The third-order valence-electron chi connectivity index (χ3n) is 3.77. The number of benzene rings is 2. The first-order valence-corrected chi connectivity index (χ1v) is 7.90. The molecule has 1 unspecified atom stereocenters. The van der Waals surface area contributed by atoms with Crippen LogP contribution in [0.25, 0.3) is 0 Å². The summed E-state index contributed by atoms with van der Waals surface area (Å²) in [6.45, 7) is 1.56. The van der Waals surface area contributed by atoms with Crippen LogP contribution >= 0.6 is 11.6 Å². The van der Waals surface area contributed by atoms with Crippen LogP contribution < -0.4 is 4.74 Å². The van der Waals surface area contributed by atoms with E-state index in [2.05, 4.69) is 5.10 Å². The van der Waals surface area contributed by atoms with Gasteiger partial charge >= 0.3 is 0 Å². The Morgan fingerprint density at radius 2 is 1.92 bits per heavy atom. The second-order valence-corrected chi connectivity index (χ2v) is 6.08. The molecule has 1 aliphatic rings. The van der Waals surface area contributed by atoms with Crippen molar-refractivity contribution >= 4 is 23.2 Å². The highest BCUT2D eigenvalue weighted by molar-refractivity contribution is 6.30. The van der Waals surface area contributed by atoms with Gasteiger partial charge in [-0.25, -0.2) is 0 Å². The minimum Gasteiger partial charge on any atom is -0.484 e. The number of amides is 1. The Morgan fingerprint density at radius 3 is 2.58 bits per heavy atom. The fourth-order valence-corrected chi connectivity index (χ4v) is 2.77. The molecule has 5 nitrogen and oxygen atoms in total. The summed E-state index contributed by atoms with van der Waals surface area (Å²) in [6.07, 6.45) is 0.242. The summed E-state index contributed by atoms with van der Waals surface area (Å²) in [5.41, 5.74) is -0.299. The molecule has 24 heavy (non-hydrogen) atoms. The lowest BCUT2D eigenvalue weighted by Crippen LogP contribution is -2.45. The molecule has 3 rings (SSSR count). The molecule has 0 aromatic heterocycles. The Morgan fingerprint density at radius 1 is 1.25 bits per heavy atom. The maximum Gasteiger partial charge on any atom is 0.283 e. The SMILES string of the molecule is CC1=NN(C(=O)COc2ccccc2)C(O)(c2ccc(Cl)cc2)C1. The smallest absolute Gasteiger partial charge is 0.283 e. The molecule has 2 aromatic rings. The van der Waals surface area contributed by atoms with Gasteiger partial charge in [0.1, 0.15) is 5.75 Å². The van der Waals surface area contributed by atoms with E-state index in [4.69, 9.17) is 16.3 Å². The van der Waals surface area contributed by atoms with E-state index >= 15 is 0 Å². The molecule has 0 saturated carbocycles. The van der Waals surface area contributed by atoms with Gasteiger partial charge in [-0.2, -0.15) is 10.1 Å². The molecule has 2 aromatic carbocycles. The summed E-state index contributed by atoms with van der Waals surface area (Å²) in [7, 11) is 0. The first kappa shape index (κ1) is 16.5. The maximum absolute atomic E-state index is 12.5. The van der Waals surface area contributed by atoms with Gasteiger partial charge in [0, 0.05) is 22.7 Å². The van der Waals surface area contributed by atoms with Gasteiger partial charge in [-0.05, 0) is 31.2 Å². The molecule has 0 fully saturated rings. The van der Waals surface area contributed by atoms with Crippen LogP contribution in [0.1, 0.15) is 18.9 Å². The van der Waals surface area contributed by atoms with Gasteiger partial charge in [-0.15, -0.1) is 0 Å². The fourth-order valence-electron chi connectivity index (χ4n) is 2.65. The first-order chi connectivity index (χ1) is 11.5. The number of para-hydroxylation sites is 1. The van der Waals surface area contributed by atoms with Crippen molar-refractivity contribution in [3.05, 3.63) is 65.2 Å². The predicted molar refractivity (Wildman–Crippen MR) is 91.9 cm³/mol. The van der Waals surface area contributed by atoms with Crippen LogP contribution in [-0.4, -0.2) is 28.3 Å². The van der Waals surface area contributed by atoms with Crippen molar-refractivity contribution in [3.8, 4) is 5.75 Å². The van der Waals surface area contributed by atoms with Crippen molar-refractivity contribution in [2.24, 2.45) is 5.10 Å². The topological polar surface area (TPSA) is 62.1 Å². The van der Waals surface area contributed by atoms with Crippen molar-refractivity contribution in [2.45, 2.75) is 19.1 Å². The number of carbonyl (C=O) groups is 1. The number of hydrogen-bond donors (Lipinski definition) is 1. The van der Waals surface area contributed by atoms with Gasteiger partial charge in [0.25, 0.3) is 5.91 Å². The van der Waals surface area contributed by atoms with Crippen LogP contribution in [-0.2, 0) is 10.5 Å². The van der Waals surface area contributed by atoms with Crippen LogP contribution in [0.15, 0.2) is 59.7 Å². The van der Waals surface area contributed by atoms with Crippen LogP contribution in [0.3, 0.4) is 0 Å². The van der Waals surface area contributed by atoms with Gasteiger partial charge in [0.2, 0.25) is 0 Å². The predicted octanol–water partition coefficient (Wildman–Crippen LogP) is 3.17. The average Bonchev–Trinajstić information content (AvgIpc) is 2.90. The summed E-state index contributed by atoms with van der Waals surface area (Å²) in [5.74, 6) is 0.161. The molecular weight excluding hydrogens is 328 g/mol. The van der Waals surface area contributed by atoms with Crippen LogP contribution in [0.2, 0.25) is 5.02 Å². The second kappa shape index (κ2) is 6.63. The highest BCUT2D eigenvalue weighted by Crippen LogP contribution is 2.35. The fraction of sp³-hybridized carbons (Fsp3) is 0.222. The van der Waals surface area contributed by atoms with Gasteiger partial charge in [-0.1, -0.05) is 41.9 Å². The number of rotatable bonds is 4. The number of halogens is 1. The molecule has 1 heterocycles. The molecule has 1 N–H and O–H groups in total. The summed E-state index contributed by atoms with van der Waals surface area (Å²) in [4.78, 5) is 12.5. The quantitative estimate of drug-likeness (QED) is 0.926. The highest BCUT2D eigenvalue weighted by Gasteiger charge is 2.44. The van der Waals surface area contributed by atoms with E-state index in [1.807, 2.05) is 18.2 Å². The number of carbonyl (C=O) groups excluding carboxylic acids is 1. The first-order valence-electron chi connectivity index (χ1n) is 7.52. The summed E-state index contributed by atoms with van der Waals surface area (Å²) < 4.78 is 5.47. The van der Waals surface area contributed by atoms with Gasteiger partial charge in [0.05, 0.1) is 0 Å². The van der Waals surface area contributed by atoms with Crippen molar-refractivity contribution in [1.82, 2.24) is 5.01 Å². The zero-order valence-electron chi connectivity index (χ0n) is 13.1. The Bertz CT molecular complexity index is 762. The van der Waals surface area contributed by atoms with E-state index in [0.29, 0.717) is 22.0 Å².